The van der Waals surface area contributed by atoms with Gasteiger partial charge in [-0.25, -0.2) is 4.98 Å². The summed E-state index contributed by atoms with van der Waals surface area (Å²) in [6.45, 7) is 0.681. The van der Waals surface area contributed by atoms with Gasteiger partial charge >= 0.3 is 0 Å². The Labute approximate surface area is 133 Å². The highest BCUT2D eigenvalue weighted by Gasteiger charge is 2.08. The summed E-state index contributed by atoms with van der Waals surface area (Å²) >= 11 is 0. The largest absolute Gasteiger partial charge is 0.493 e. The minimum atomic E-state index is 0.193. The van der Waals surface area contributed by atoms with Crippen molar-refractivity contribution in [2.45, 2.75) is 6.42 Å². The number of fused-ring (bicyclic) bond motifs is 1. The number of H-pyrrole nitrogens is 1. The summed E-state index contributed by atoms with van der Waals surface area (Å²) in [7, 11) is 3.24. The molecule has 8 heteroatoms. The summed E-state index contributed by atoms with van der Waals surface area (Å²) in [6, 6.07) is 5.85. The number of nitrogen functional groups attached to an aromatic ring is 1. The van der Waals surface area contributed by atoms with Crippen LogP contribution in [0.3, 0.4) is 0 Å². The van der Waals surface area contributed by atoms with Crippen LogP contribution in [0.5, 0.6) is 11.5 Å². The zero-order valence-corrected chi connectivity index (χ0v) is 13.0. The number of aromatic amines is 1. The lowest BCUT2D eigenvalue weighted by Crippen LogP contribution is -2.09. The molecular formula is C15H18N6O2. The zero-order valence-electron chi connectivity index (χ0n) is 13.0. The lowest BCUT2D eigenvalue weighted by atomic mass is 10.1. The Morgan fingerprint density at radius 3 is 2.78 bits per heavy atom. The number of aromatic nitrogens is 4. The van der Waals surface area contributed by atoms with Crippen LogP contribution in [0.25, 0.3) is 11.2 Å². The van der Waals surface area contributed by atoms with E-state index >= 15 is 0 Å². The minimum absolute atomic E-state index is 0.193. The molecule has 0 aliphatic rings. The van der Waals surface area contributed by atoms with Crippen LogP contribution in [-0.2, 0) is 6.42 Å². The van der Waals surface area contributed by atoms with E-state index in [9.17, 15) is 0 Å². The fourth-order valence-electron chi connectivity index (χ4n) is 2.34. The molecule has 0 saturated carbocycles. The van der Waals surface area contributed by atoms with Gasteiger partial charge in [0.2, 0.25) is 5.95 Å². The van der Waals surface area contributed by atoms with Crippen LogP contribution in [0.2, 0.25) is 0 Å². The van der Waals surface area contributed by atoms with E-state index in [1.54, 1.807) is 20.5 Å². The van der Waals surface area contributed by atoms with Crippen LogP contribution < -0.4 is 20.5 Å². The smallest absolute Gasteiger partial charge is 0.224 e. The topological polar surface area (TPSA) is 111 Å². The van der Waals surface area contributed by atoms with Gasteiger partial charge in [0.1, 0.15) is 5.52 Å². The summed E-state index contributed by atoms with van der Waals surface area (Å²) < 4.78 is 10.5. The molecule has 0 fully saturated rings. The minimum Gasteiger partial charge on any atom is -0.493 e. The number of methoxy groups -OCH3 is 2. The van der Waals surface area contributed by atoms with E-state index in [4.69, 9.17) is 15.2 Å². The third-order valence-corrected chi connectivity index (χ3v) is 3.46. The Morgan fingerprint density at radius 1 is 1.17 bits per heavy atom. The second-order valence-electron chi connectivity index (χ2n) is 4.90. The summed E-state index contributed by atoms with van der Waals surface area (Å²) in [6.07, 6.45) is 2.36. The molecule has 3 aromatic rings. The van der Waals surface area contributed by atoms with Crippen molar-refractivity contribution in [1.82, 2.24) is 19.9 Å². The molecule has 0 bridgehead atoms. The molecule has 0 atom stereocenters. The van der Waals surface area contributed by atoms with Crippen molar-refractivity contribution in [1.29, 1.82) is 0 Å². The fourth-order valence-corrected chi connectivity index (χ4v) is 2.34. The second-order valence-corrected chi connectivity index (χ2v) is 4.90. The van der Waals surface area contributed by atoms with Crippen LogP contribution in [0.1, 0.15) is 5.56 Å². The molecule has 2 aromatic heterocycles. The standard InChI is InChI=1S/C15H18N6O2/c1-22-10-4-3-9(7-11(10)23-2)5-6-17-13-12-14(19-8-18-12)21-15(16)20-13/h3-4,7-8H,5-6H2,1-2H3,(H4,16,17,18,19,20,21). The maximum atomic E-state index is 5.69. The van der Waals surface area contributed by atoms with Crippen LogP contribution in [0, 0.1) is 0 Å². The predicted molar refractivity (Wildman–Crippen MR) is 87.8 cm³/mol. The molecule has 3 rings (SSSR count). The normalized spacial score (nSPS) is 10.7. The molecule has 0 aliphatic carbocycles. The van der Waals surface area contributed by atoms with Gasteiger partial charge in [-0.3, -0.25) is 0 Å². The average molecular weight is 314 g/mol. The maximum Gasteiger partial charge on any atom is 0.224 e. The van der Waals surface area contributed by atoms with E-state index in [0.717, 1.165) is 17.5 Å². The number of ether oxygens (including phenoxy) is 2. The van der Waals surface area contributed by atoms with Gasteiger partial charge in [0, 0.05) is 6.54 Å². The third kappa shape index (κ3) is 3.10. The van der Waals surface area contributed by atoms with Crippen molar-refractivity contribution < 1.29 is 9.47 Å². The molecule has 2 heterocycles. The molecule has 120 valence electrons. The van der Waals surface area contributed by atoms with Gasteiger partial charge in [0.15, 0.2) is 23.0 Å². The number of nitrogens with zero attached hydrogens (tertiary/aromatic N) is 3. The summed E-state index contributed by atoms with van der Waals surface area (Å²) in [5.74, 6) is 2.27. The van der Waals surface area contributed by atoms with Gasteiger partial charge in [-0.2, -0.15) is 9.97 Å². The molecule has 0 amide bonds. The summed E-state index contributed by atoms with van der Waals surface area (Å²) in [5.41, 5.74) is 8.10. The van der Waals surface area contributed by atoms with E-state index < -0.39 is 0 Å². The van der Waals surface area contributed by atoms with E-state index in [-0.39, 0.29) is 5.95 Å². The number of hydrogen-bond acceptors (Lipinski definition) is 7. The Balaban J connectivity index is 1.70. The number of benzene rings is 1. The van der Waals surface area contributed by atoms with Crippen LogP contribution in [-0.4, -0.2) is 40.7 Å². The molecule has 0 unspecified atom stereocenters. The fraction of sp³-hybridized carbons (Fsp3) is 0.267. The number of rotatable bonds is 6. The van der Waals surface area contributed by atoms with E-state index in [0.29, 0.717) is 29.5 Å². The number of anilines is 2. The molecule has 1 aromatic carbocycles. The molecule has 0 spiro atoms. The highest BCUT2D eigenvalue weighted by molar-refractivity contribution is 5.83. The Morgan fingerprint density at radius 2 is 2.00 bits per heavy atom. The molecule has 0 aliphatic heterocycles. The summed E-state index contributed by atoms with van der Waals surface area (Å²) in [5, 5.41) is 3.25. The highest BCUT2D eigenvalue weighted by atomic mass is 16.5. The first kappa shape index (κ1) is 14.9. The van der Waals surface area contributed by atoms with E-state index in [1.165, 1.54) is 0 Å². The van der Waals surface area contributed by atoms with Crippen molar-refractivity contribution in [2.24, 2.45) is 0 Å². The number of nitrogens with one attached hydrogen (secondary N) is 2. The Hall–Kier alpha value is -3.03. The number of hydrogen-bond donors (Lipinski definition) is 3. The van der Waals surface area contributed by atoms with Gasteiger partial charge < -0.3 is 25.5 Å². The van der Waals surface area contributed by atoms with Gasteiger partial charge in [-0.05, 0) is 24.1 Å². The van der Waals surface area contributed by atoms with Gasteiger partial charge in [-0.1, -0.05) is 6.07 Å². The number of nitrogens with two attached hydrogens (primary N) is 1. The van der Waals surface area contributed by atoms with Crippen molar-refractivity contribution in [2.75, 3.05) is 31.8 Å². The maximum absolute atomic E-state index is 5.69. The van der Waals surface area contributed by atoms with Gasteiger partial charge in [0.05, 0.1) is 20.5 Å². The molecular weight excluding hydrogens is 296 g/mol. The van der Waals surface area contributed by atoms with Crippen LogP contribution in [0.4, 0.5) is 11.8 Å². The van der Waals surface area contributed by atoms with Crippen molar-refractivity contribution >= 4 is 22.9 Å². The van der Waals surface area contributed by atoms with Crippen LogP contribution in [0.15, 0.2) is 24.5 Å². The zero-order chi connectivity index (χ0) is 16.2. The Kier molecular flexibility index (Phi) is 4.13. The Bertz CT molecular complexity index is 817. The number of imidazole rings is 1. The first-order valence-electron chi connectivity index (χ1n) is 7.12. The predicted octanol–water partition coefficient (Wildman–Crippen LogP) is 1.61. The summed E-state index contributed by atoms with van der Waals surface area (Å²) in [4.78, 5) is 15.4. The van der Waals surface area contributed by atoms with E-state index in [1.807, 2.05) is 18.2 Å². The first-order chi connectivity index (χ1) is 11.2. The molecule has 8 nitrogen and oxygen atoms in total. The molecule has 0 saturated heterocycles. The first-order valence-corrected chi connectivity index (χ1v) is 7.12. The highest BCUT2D eigenvalue weighted by Crippen LogP contribution is 2.27. The third-order valence-electron chi connectivity index (χ3n) is 3.46. The monoisotopic (exact) mass is 314 g/mol. The van der Waals surface area contributed by atoms with Crippen molar-refractivity contribution in [3.05, 3.63) is 30.1 Å². The van der Waals surface area contributed by atoms with Crippen LogP contribution >= 0.6 is 0 Å². The molecule has 4 N–H and O–H groups in total. The van der Waals surface area contributed by atoms with Gasteiger partial charge in [-0.15, -0.1) is 0 Å². The second kappa shape index (κ2) is 6.39. The van der Waals surface area contributed by atoms with Crippen molar-refractivity contribution in [3.8, 4) is 11.5 Å². The lowest BCUT2D eigenvalue weighted by Gasteiger charge is -2.10. The molecule has 0 radical (unpaired) electrons. The van der Waals surface area contributed by atoms with E-state index in [2.05, 4.69) is 25.3 Å². The van der Waals surface area contributed by atoms with Gasteiger partial charge in [0.25, 0.3) is 0 Å². The SMILES string of the molecule is COc1ccc(CCNc2nc(N)nc3nc[nH]c23)cc1OC. The lowest BCUT2D eigenvalue weighted by molar-refractivity contribution is 0.354. The molecule has 23 heavy (non-hydrogen) atoms. The van der Waals surface area contributed by atoms with Crippen molar-refractivity contribution in [3.63, 3.8) is 0 Å². The average Bonchev–Trinajstić information content (AvgIpc) is 3.02. The quantitative estimate of drug-likeness (QED) is 0.633.